The standard InChI is InChI=1S/C10H9BrN2/c11-13-7-6-12-10(8-13)9-4-2-1-3-5-9/h1-8,12H. The predicted octanol–water partition coefficient (Wildman–Crippen LogP) is 2.67. The van der Waals surface area contributed by atoms with Crippen LogP contribution in [0.2, 0.25) is 0 Å². The quantitative estimate of drug-likeness (QED) is 0.755. The second-order valence-electron chi connectivity index (χ2n) is 2.71. The van der Waals surface area contributed by atoms with Crippen LogP contribution in [-0.2, 0) is 0 Å². The highest BCUT2D eigenvalue weighted by Crippen LogP contribution is 2.16. The number of benzene rings is 1. The van der Waals surface area contributed by atoms with Crippen LogP contribution in [-0.4, -0.2) is 3.93 Å². The van der Waals surface area contributed by atoms with Crippen LogP contribution in [0.5, 0.6) is 0 Å². The monoisotopic (exact) mass is 236 g/mol. The zero-order valence-electron chi connectivity index (χ0n) is 6.94. The third-order valence-corrected chi connectivity index (χ3v) is 2.23. The molecule has 1 N–H and O–H groups in total. The molecular weight excluding hydrogens is 228 g/mol. The minimum Gasteiger partial charge on any atom is -0.359 e. The normalized spacial score (nSPS) is 15.2. The van der Waals surface area contributed by atoms with Crippen molar-refractivity contribution in [1.82, 2.24) is 9.24 Å². The van der Waals surface area contributed by atoms with Crippen molar-refractivity contribution in [2.24, 2.45) is 0 Å². The van der Waals surface area contributed by atoms with Gasteiger partial charge in [0, 0.05) is 18.6 Å². The average Bonchev–Trinajstić information content (AvgIpc) is 2.19. The lowest BCUT2D eigenvalue weighted by atomic mass is 10.1. The Morgan fingerprint density at radius 3 is 2.62 bits per heavy atom. The fourth-order valence-electron chi connectivity index (χ4n) is 1.18. The molecule has 0 saturated heterocycles. The molecule has 0 unspecified atom stereocenters. The number of hydrogen-bond acceptors (Lipinski definition) is 2. The Hall–Kier alpha value is -1.22. The molecule has 0 radical (unpaired) electrons. The number of nitrogens with zero attached hydrogens (tertiary/aromatic N) is 1. The first-order valence-corrected chi connectivity index (χ1v) is 4.72. The summed E-state index contributed by atoms with van der Waals surface area (Å²) in [5, 5.41) is 3.17. The van der Waals surface area contributed by atoms with Crippen molar-refractivity contribution in [3.05, 3.63) is 54.5 Å². The highest BCUT2D eigenvalue weighted by Gasteiger charge is 2.03. The zero-order chi connectivity index (χ0) is 9.10. The summed E-state index contributed by atoms with van der Waals surface area (Å²) in [7, 11) is 0. The van der Waals surface area contributed by atoms with Gasteiger partial charge in [0.15, 0.2) is 0 Å². The topological polar surface area (TPSA) is 15.3 Å². The lowest BCUT2D eigenvalue weighted by Gasteiger charge is -2.16. The first kappa shape index (κ1) is 8.38. The van der Waals surface area contributed by atoms with Gasteiger partial charge in [0.05, 0.1) is 21.8 Å². The molecule has 13 heavy (non-hydrogen) atoms. The van der Waals surface area contributed by atoms with Crippen molar-refractivity contribution in [3.8, 4) is 0 Å². The summed E-state index contributed by atoms with van der Waals surface area (Å²) < 4.78 is 1.84. The van der Waals surface area contributed by atoms with Crippen LogP contribution in [0.4, 0.5) is 0 Å². The van der Waals surface area contributed by atoms with Gasteiger partial charge >= 0.3 is 0 Å². The minimum atomic E-state index is 1.08. The van der Waals surface area contributed by atoms with E-state index in [0.717, 1.165) is 5.70 Å². The second kappa shape index (κ2) is 3.66. The van der Waals surface area contributed by atoms with Gasteiger partial charge in [0.2, 0.25) is 0 Å². The Morgan fingerprint density at radius 1 is 1.15 bits per heavy atom. The van der Waals surface area contributed by atoms with Crippen molar-refractivity contribution in [2.75, 3.05) is 0 Å². The summed E-state index contributed by atoms with van der Waals surface area (Å²) in [6.45, 7) is 0. The van der Waals surface area contributed by atoms with Gasteiger partial charge in [-0.15, -0.1) is 0 Å². The van der Waals surface area contributed by atoms with Gasteiger partial charge in [0.25, 0.3) is 0 Å². The van der Waals surface area contributed by atoms with E-state index in [0.29, 0.717) is 0 Å². The van der Waals surface area contributed by atoms with Crippen LogP contribution < -0.4 is 5.32 Å². The van der Waals surface area contributed by atoms with Crippen LogP contribution in [0.1, 0.15) is 5.56 Å². The van der Waals surface area contributed by atoms with Gasteiger partial charge < -0.3 is 5.32 Å². The molecule has 1 heterocycles. The van der Waals surface area contributed by atoms with Crippen molar-refractivity contribution < 1.29 is 0 Å². The molecule has 0 saturated carbocycles. The third kappa shape index (κ3) is 1.92. The van der Waals surface area contributed by atoms with Crippen molar-refractivity contribution >= 4 is 21.8 Å². The van der Waals surface area contributed by atoms with E-state index in [2.05, 4.69) is 33.6 Å². The lowest BCUT2D eigenvalue weighted by molar-refractivity contribution is 0.843. The van der Waals surface area contributed by atoms with Crippen LogP contribution in [0.15, 0.2) is 48.9 Å². The largest absolute Gasteiger partial charge is 0.359 e. The van der Waals surface area contributed by atoms with E-state index in [1.54, 1.807) is 0 Å². The van der Waals surface area contributed by atoms with E-state index < -0.39 is 0 Å². The van der Waals surface area contributed by atoms with E-state index in [1.165, 1.54) is 5.56 Å². The molecule has 2 nitrogen and oxygen atoms in total. The van der Waals surface area contributed by atoms with Crippen LogP contribution in [0.3, 0.4) is 0 Å². The zero-order valence-corrected chi connectivity index (χ0v) is 8.53. The average molecular weight is 237 g/mol. The van der Waals surface area contributed by atoms with E-state index >= 15 is 0 Å². The van der Waals surface area contributed by atoms with Crippen molar-refractivity contribution in [3.63, 3.8) is 0 Å². The Balaban J connectivity index is 2.28. The minimum absolute atomic E-state index is 1.08. The van der Waals surface area contributed by atoms with Crippen LogP contribution in [0, 0.1) is 0 Å². The number of halogens is 1. The molecule has 2 rings (SSSR count). The smallest absolute Gasteiger partial charge is 0.0628 e. The fraction of sp³-hybridized carbons (Fsp3) is 0. The molecule has 0 aliphatic carbocycles. The molecule has 66 valence electrons. The molecule has 3 heteroatoms. The summed E-state index contributed by atoms with van der Waals surface area (Å²) in [4.78, 5) is 0. The maximum atomic E-state index is 3.36. The Morgan fingerprint density at radius 2 is 1.92 bits per heavy atom. The van der Waals surface area contributed by atoms with Gasteiger partial charge in [-0.05, 0) is 5.56 Å². The van der Waals surface area contributed by atoms with Gasteiger partial charge in [-0.1, -0.05) is 30.3 Å². The second-order valence-corrected chi connectivity index (χ2v) is 3.53. The van der Waals surface area contributed by atoms with E-state index in [1.807, 2.05) is 40.7 Å². The number of hydrogen-bond donors (Lipinski definition) is 1. The van der Waals surface area contributed by atoms with Crippen LogP contribution in [0.25, 0.3) is 5.70 Å². The van der Waals surface area contributed by atoms with Crippen molar-refractivity contribution in [1.29, 1.82) is 0 Å². The molecule has 0 atom stereocenters. The first-order chi connectivity index (χ1) is 6.36. The molecule has 0 aromatic heterocycles. The molecule has 0 fully saturated rings. The lowest BCUT2D eigenvalue weighted by Crippen LogP contribution is -2.12. The summed E-state index contributed by atoms with van der Waals surface area (Å²) in [5.74, 6) is 0. The molecule has 1 aromatic rings. The molecule has 0 amide bonds. The Kier molecular flexibility index (Phi) is 2.36. The molecule has 1 aliphatic heterocycles. The molecule has 1 aliphatic rings. The first-order valence-electron chi connectivity index (χ1n) is 4.01. The van der Waals surface area contributed by atoms with Crippen molar-refractivity contribution in [2.45, 2.75) is 0 Å². The Bertz CT molecular complexity index is 343. The van der Waals surface area contributed by atoms with Gasteiger partial charge in [-0.2, -0.15) is 0 Å². The van der Waals surface area contributed by atoms with Gasteiger partial charge in [0.1, 0.15) is 0 Å². The molecule has 1 aromatic carbocycles. The van der Waals surface area contributed by atoms with Crippen LogP contribution >= 0.6 is 16.1 Å². The summed E-state index contributed by atoms with van der Waals surface area (Å²) in [6, 6.07) is 10.2. The highest BCUT2D eigenvalue weighted by molar-refractivity contribution is 9.07. The van der Waals surface area contributed by atoms with Gasteiger partial charge in [-0.3, -0.25) is 3.93 Å². The maximum absolute atomic E-state index is 3.36. The summed E-state index contributed by atoms with van der Waals surface area (Å²) in [6.07, 6.45) is 5.76. The van der Waals surface area contributed by atoms with E-state index in [9.17, 15) is 0 Å². The fourth-order valence-corrected chi connectivity index (χ4v) is 1.50. The summed E-state index contributed by atoms with van der Waals surface area (Å²) >= 11 is 3.36. The Labute approximate surface area is 85.9 Å². The number of rotatable bonds is 1. The van der Waals surface area contributed by atoms with E-state index in [-0.39, 0.29) is 0 Å². The maximum Gasteiger partial charge on any atom is 0.0628 e. The summed E-state index contributed by atoms with van der Waals surface area (Å²) in [5.41, 5.74) is 2.26. The van der Waals surface area contributed by atoms with Gasteiger partial charge in [-0.25, -0.2) is 0 Å². The highest BCUT2D eigenvalue weighted by atomic mass is 79.9. The third-order valence-electron chi connectivity index (χ3n) is 1.79. The number of nitrogens with one attached hydrogen (secondary N) is 1. The molecule has 0 spiro atoms. The molecule has 0 bridgehead atoms. The SMILES string of the molecule is BrN1C=CNC(c2ccccc2)=C1. The van der Waals surface area contributed by atoms with E-state index in [4.69, 9.17) is 0 Å². The predicted molar refractivity (Wildman–Crippen MR) is 57.5 cm³/mol. The molecular formula is C10H9BrN2.